The number of carboxylic acid groups (broad SMARTS) is 1. The molecule has 0 bridgehead atoms. The smallest absolute Gasteiger partial charge is 0.341 e. The van der Waals surface area contributed by atoms with Crippen LogP contribution in [0.15, 0.2) is 47.7 Å². The van der Waals surface area contributed by atoms with Crippen molar-refractivity contribution in [1.29, 1.82) is 0 Å². The van der Waals surface area contributed by atoms with E-state index in [2.05, 4.69) is 20.6 Å². The predicted molar refractivity (Wildman–Crippen MR) is 75.4 cm³/mol. The SMILES string of the molecule is O=C(O)c1conc1CNCc1ccccc1-n1cncn1. The van der Waals surface area contributed by atoms with Crippen LogP contribution in [0, 0.1) is 0 Å². The van der Waals surface area contributed by atoms with Crippen LogP contribution in [-0.4, -0.2) is 31.0 Å². The van der Waals surface area contributed by atoms with Gasteiger partial charge in [-0.1, -0.05) is 23.4 Å². The molecule has 8 nitrogen and oxygen atoms in total. The zero-order valence-corrected chi connectivity index (χ0v) is 11.5. The van der Waals surface area contributed by atoms with Crippen LogP contribution >= 0.6 is 0 Å². The topological polar surface area (TPSA) is 106 Å². The zero-order valence-electron chi connectivity index (χ0n) is 11.5. The number of hydrogen-bond acceptors (Lipinski definition) is 6. The lowest BCUT2D eigenvalue weighted by Crippen LogP contribution is -2.16. The Morgan fingerprint density at radius 2 is 2.18 bits per heavy atom. The van der Waals surface area contributed by atoms with Gasteiger partial charge in [0.15, 0.2) is 0 Å². The summed E-state index contributed by atoms with van der Waals surface area (Å²) in [6.45, 7) is 0.825. The molecule has 0 fully saturated rings. The monoisotopic (exact) mass is 299 g/mol. The molecule has 0 unspecified atom stereocenters. The highest BCUT2D eigenvalue weighted by Crippen LogP contribution is 2.13. The van der Waals surface area contributed by atoms with Gasteiger partial charge in [0, 0.05) is 13.1 Å². The minimum absolute atomic E-state index is 0.0667. The Morgan fingerprint density at radius 3 is 2.95 bits per heavy atom. The van der Waals surface area contributed by atoms with Gasteiger partial charge in [-0.15, -0.1) is 0 Å². The fourth-order valence-corrected chi connectivity index (χ4v) is 2.09. The van der Waals surface area contributed by atoms with Gasteiger partial charge in [-0.3, -0.25) is 0 Å². The molecule has 0 radical (unpaired) electrons. The van der Waals surface area contributed by atoms with E-state index in [1.807, 2.05) is 24.3 Å². The highest BCUT2D eigenvalue weighted by Gasteiger charge is 2.14. The van der Waals surface area contributed by atoms with Gasteiger partial charge in [-0.05, 0) is 11.6 Å². The van der Waals surface area contributed by atoms with Crippen molar-refractivity contribution in [3.05, 3.63) is 60.0 Å². The van der Waals surface area contributed by atoms with Crippen LogP contribution < -0.4 is 5.32 Å². The lowest BCUT2D eigenvalue weighted by molar-refractivity contribution is 0.0695. The number of para-hydroxylation sites is 1. The summed E-state index contributed by atoms with van der Waals surface area (Å²) in [4.78, 5) is 14.9. The van der Waals surface area contributed by atoms with Crippen LogP contribution in [0.3, 0.4) is 0 Å². The zero-order chi connectivity index (χ0) is 15.4. The first-order valence-corrected chi connectivity index (χ1v) is 6.56. The number of carboxylic acids is 1. The Kier molecular flexibility index (Phi) is 3.92. The van der Waals surface area contributed by atoms with E-state index in [0.29, 0.717) is 18.8 Å². The minimum Gasteiger partial charge on any atom is -0.478 e. The quantitative estimate of drug-likeness (QED) is 0.705. The Morgan fingerprint density at radius 1 is 1.32 bits per heavy atom. The molecule has 0 saturated heterocycles. The Balaban J connectivity index is 1.70. The van der Waals surface area contributed by atoms with Crippen LogP contribution in [-0.2, 0) is 13.1 Å². The predicted octanol–water partition coefficient (Wildman–Crippen LogP) is 1.24. The average molecular weight is 299 g/mol. The summed E-state index contributed by atoms with van der Waals surface area (Å²) in [5.41, 5.74) is 2.35. The summed E-state index contributed by atoms with van der Waals surface area (Å²) in [6, 6.07) is 7.74. The molecule has 0 aliphatic rings. The lowest BCUT2D eigenvalue weighted by atomic mass is 10.1. The highest BCUT2D eigenvalue weighted by molar-refractivity contribution is 5.88. The van der Waals surface area contributed by atoms with Crippen molar-refractivity contribution in [2.45, 2.75) is 13.1 Å². The van der Waals surface area contributed by atoms with E-state index < -0.39 is 5.97 Å². The molecule has 0 aliphatic heterocycles. The van der Waals surface area contributed by atoms with Crippen molar-refractivity contribution in [2.24, 2.45) is 0 Å². The second-order valence-corrected chi connectivity index (χ2v) is 4.55. The number of nitrogens with zero attached hydrogens (tertiary/aromatic N) is 4. The maximum atomic E-state index is 11.0. The van der Waals surface area contributed by atoms with E-state index in [1.165, 1.54) is 6.33 Å². The molecular weight excluding hydrogens is 286 g/mol. The largest absolute Gasteiger partial charge is 0.478 e. The summed E-state index contributed by atoms with van der Waals surface area (Å²) >= 11 is 0. The van der Waals surface area contributed by atoms with Crippen LogP contribution in [0.5, 0.6) is 0 Å². The molecule has 0 amide bonds. The third kappa shape index (κ3) is 2.86. The van der Waals surface area contributed by atoms with Gasteiger partial charge in [0.2, 0.25) is 0 Å². The number of aromatic nitrogens is 4. The van der Waals surface area contributed by atoms with Crippen molar-refractivity contribution in [2.75, 3.05) is 0 Å². The minimum atomic E-state index is -1.05. The maximum Gasteiger partial charge on any atom is 0.341 e. The van der Waals surface area contributed by atoms with Gasteiger partial charge in [0.25, 0.3) is 0 Å². The molecule has 0 atom stereocenters. The molecule has 22 heavy (non-hydrogen) atoms. The molecule has 2 aromatic heterocycles. The maximum absolute atomic E-state index is 11.0. The Hall–Kier alpha value is -3.00. The summed E-state index contributed by atoms with van der Waals surface area (Å²) < 4.78 is 6.38. The second-order valence-electron chi connectivity index (χ2n) is 4.55. The number of nitrogens with one attached hydrogen (secondary N) is 1. The first kappa shape index (κ1) is 14.0. The molecule has 0 spiro atoms. The summed E-state index contributed by atoms with van der Waals surface area (Å²) in [6.07, 6.45) is 4.22. The van der Waals surface area contributed by atoms with Crippen LogP contribution in [0.4, 0.5) is 0 Å². The number of carbonyl (C=O) groups is 1. The molecule has 2 N–H and O–H groups in total. The van der Waals surface area contributed by atoms with Crippen molar-refractivity contribution in [3.63, 3.8) is 0 Å². The third-order valence-electron chi connectivity index (χ3n) is 3.14. The van der Waals surface area contributed by atoms with Gasteiger partial charge < -0.3 is 14.9 Å². The highest BCUT2D eigenvalue weighted by atomic mass is 16.5. The van der Waals surface area contributed by atoms with Gasteiger partial charge in [0.05, 0.1) is 5.69 Å². The van der Waals surface area contributed by atoms with Crippen molar-refractivity contribution in [1.82, 2.24) is 25.2 Å². The first-order chi connectivity index (χ1) is 10.8. The van der Waals surface area contributed by atoms with Gasteiger partial charge >= 0.3 is 5.97 Å². The van der Waals surface area contributed by atoms with Crippen LogP contribution in [0.25, 0.3) is 5.69 Å². The molecule has 3 aromatic rings. The average Bonchev–Trinajstić information content (AvgIpc) is 3.19. The van der Waals surface area contributed by atoms with Gasteiger partial charge in [-0.25, -0.2) is 14.5 Å². The van der Waals surface area contributed by atoms with E-state index in [1.54, 1.807) is 11.0 Å². The summed E-state index contributed by atoms with van der Waals surface area (Å²) in [7, 11) is 0. The molecule has 8 heteroatoms. The van der Waals surface area contributed by atoms with E-state index in [4.69, 9.17) is 9.63 Å². The molecule has 1 aromatic carbocycles. The fourth-order valence-electron chi connectivity index (χ4n) is 2.09. The standard InChI is InChI=1S/C14H13N5O3/c20-14(21)11-7-22-18-12(11)6-15-5-10-3-1-2-4-13(10)19-9-16-8-17-19/h1-4,7-9,15H,5-6H2,(H,20,21). The molecule has 0 aliphatic carbocycles. The molecule has 3 rings (SSSR count). The van der Waals surface area contributed by atoms with E-state index >= 15 is 0 Å². The second kappa shape index (κ2) is 6.19. The van der Waals surface area contributed by atoms with E-state index in [0.717, 1.165) is 17.5 Å². The third-order valence-corrected chi connectivity index (χ3v) is 3.14. The number of hydrogen-bond donors (Lipinski definition) is 2. The van der Waals surface area contributed by atoms with Crippen LogP contribution in [0.1, 0.15) is 21.6 Å². The van der Waals surface area contributed by atoms with E-state index in [9.17, 15) is 4.79 Å². The number of rotatable bonds is 6. The summed E-state index contributed by atoms with van der Waals surface area (Å²) in [5, 5.41) is 20.0. The number of benzene rings is 1. The fraction of sp³-hybridized carbons (Fsp3) is 0.143. The number of aromatic carboxylic acids is 1. The summed E-state index contributed by atoms with van der Waals surface area (Å²) in [5.74, 6) is -1.05. The van der Waals surface area contributed by atoms with Crippen molar-refractivity contribution < 1.29 is 14.4 Å². The van der Waals surface area contributed by atoms with E-state index in [-0.39, 0.29) is 5.56 Å². The lowest BCUT2D eigenvalue weighted by Gasteiger charge is -2.09. The Labute approximate surface area is 125 Å². The molecule has 0 saturated carbocycles. The molecule has 2 heterocycles. The normalized spacial score (nSPS) is 10.7. The van der Waals surface area contributed by atoms with Crippen LogP contribution in [0.2, 0.25) is 0 Å². The molecular formula is C14H13N5O3. The molecule has 112 valence electrons. The van der Waals surface area contributed by atoms with Crippen molar-refractivity contribution >= 4 is 5.97 Å². The van der Waals surface area contributed by atoms with Gasteiger partial charge in [-0.2, -0.15) is 5.10 Å². The van der Waals surface area contributed by atoms with Crippen molar-refractivity contribution in [3.8, 4) is 5.69 Å². The van der Waals surface area contributed by atoms with Gasteiger partial charge in [0.1, 0.15) is 30.2 Å². The first-order valence-electron chi connectivity index (χ1n) is 6.56. The Bertz CT molecular complexity index is 766.